The van der Waals surface area contributed by atoms with Gasteiger partial charge in [0, 0.05) is 6.04 Å². The van der Waals surface area contributed by atoms with Crippen molar-refractivity contribution in [1.29, 1.82) is 0 Å². The van der Waals surface area contributed by atoms with Crippen LogP contribution in [0.25, 0.3) is 0 Å². The Hall–Kier alpha value is -0.650. The maximum atomic E-state index is 10.5. The molecule has 1 rings (SSSR count). The summed E-state index contributed by atoms with van der Waals surface area (Å²) in [6, 6.07) is -0.203. The first-order valence-corrected chi connectivity index (χ1v) is 5.50. The van der Waals surface area contributed by atoms with Gasteiger partial charge in [0.25, 0.3) is 0 Å². The van der Waals surface area contributed by atoms with Gasteiger partial charge in [0.15, 0.2) is 0 Å². The average molecular weight is 215 g/mol. The van der Waals surface area contributed by atoms with Gasteiger partial charge >= 0.3 is 5.97 Å². The standard InChI is InChI=1S/C10H21N3O2/c1-13-6-3-8(4-7-13)12-5-2-9(11)10(14)15/h8-9,12H,2-7,11H2,1H3,(H,14,15). The molecule has 0 saturated carbocycles. The van der Waals surface area contributed by atoms with Gasteiger partial charge < -0.3 is 21.1 Å². The smallest absolute Gasteiger partial charge is 0.320 e. The third-order valence-electron chi connectivity index (χ3n) is 2.92. The summed E-state index contributed by atoms with van der Waals surface area (Å²) in [6.07, 6.45) is 2.78. The van der Waals surface area contributed by atoms with Crippen molar-refractivity contribution in [3.8, 4) is 0 Å². The number of hydrogen-bond acceptors (Lipinski definition) is 4. The van der Waals surface area contributed by atoms with Crippen LogP contribution < -0.4 is 11.1 Å². The Labute approximate surface area is 90.6 Å². The molecule has 1 saturated heterocycles. The summed E-state index contributed by atoms with van der Waals surface area (Å²) in [7, 11) is 2.12. The van der Waals surface area contributed by atoms with Crippen LogP contribution in [0, 0.1) is 0 Å². The maximum absolute atomic E-state index is 10.5. The SMILES string of the molecule is CN1CCC(NCCC(N)C(=O)O)CC1. The monoisotopic (exact) mass is 215 g/mol. The van der Waals surface area contributed by atoms with E-state index in [4.69, 9.17) is 10.8 Å². The number of hydrogen-bond donors (Lipinski definition) is 3. The van der Waals surface area contributed by atoms with E-state index in [1.807, 2.05) is 0 Å². The highest BCUT2D eigenvalue weighted by molar-refractivity contribution is 5.72. The molecule has 1 aliphatic rings. The van der Waals surface area contributed by atoms with Gasteiger partial charge in [-0.3, -0.25) is 4.79 Å². The van der Waals surface area contributed by atoms with Crippen molar-refractivity contribution in [3.05, 3.63) is 0 Å². The van der Waals surface area contributed by atoms with E-state index in [1.54, 1.807) is 0 Å². The first kappa shape index (κ1) is 12.4. The quantitative estimate of drug-likeness (QED) is 0.575. The van der Waals surface area contributed by atoms with Crippen molar-refractivity contribution in [2.75, 3.05) is 26.7 Å². The first-order chi connectivity index (χ1) is 7.09. The van der Waals surface area contributed by atoms with Crippen molar-refractivity contribution in [2.45, 2.75) is 31.3 Å². The lowest BCUT2D eigenvalue weighted by atomic mass is 10.1. The fourth-order valence-corrected chi connectivity index (χ4v) is 1.78. The zero-order valence-electron chi connectivity index (χ0n) is 9.28. The van der Waals surface area contributed by atoms with E-state index >= 15 is 0 Å². The second kappa shape index (κ2) is 6.05. The van der Waals surface area contributed by atoms with Crippen LogP contribution in [0.2, 0.25) is 0 Å². The molecule has 1 unspecified atom stereocenters. The summed E-state index contributed by atoms with van der Waals surface area (Å²) in [5, 5.41) is 12.0. The minimum atomic E-state index is -0.917. The lowest BCUT2D eigenvalue weighted by Gasteiger charge is -2.29. The van der Waals surface area contributed by atoms with Gasteiger partial charge in [-0.25, -0.2) is 0 Å². The molecule has 0 amide bonds. The summed E-state index contributed by atoms with van der Waals surface area (Å²) in [4.78, 5) is 12.8. The summed E-state index contributed by atoms with van der Waals surface area (Å²) in [5.74, 6) is -0.917. The van der Waals surface area contributed by atoms with E-state index in [9.17, 15) is 4.79 Å². The largest absolute Gasteiger partial charge is 0.480 e. The van der Waals surface area contributed by atoms with Crippen LogP contribution in [0.5, 0.6) is 0 Å². The van der Waals surface area contributed by atoms with Gasteiger partial charge in [0.2, 0.25) is 0 Å². The minimum absolute atomic E-state index is 0.502. The lowest BCUT2D eigenvalue weighted by molar-refractivity contribution is -0.138. The number of carboxylic acid groups (broad SMARTS) is 1. The van der Waals surface area contributed by atoms with Gasteiger partial charge in [-0.2, -0.15) is 0 Å². The number of likely N-dealkylation sites (tertiary alicyclic amines) is 1. The van der Waals surface area contributed by atoms with Gasteiger partial charge in [0.05, 0.1) is 0 Å². The van der Waals surface area contributed by atoms with Crippen LogP contribution in [0.3, 0.4) is 0 Å². The van der Waals surface area contributed by atoms with E-state index in [2.05, 4.69) is 17.3 Å². The molecule has 1 fully saturated rings. The third kappa shape index (κ3) is 4.59. The third-order valence-corrected chi connectivity index (χ3v) is 2.92. The van der Waals surface area contributed by atoms with Crippen LogP contribution in [-0.2, 0) is 4.79 Å². The molecule has 0 aromatic heterocycles. The minimum Gasteiger partial charge on any atom is -0.480 e. The van der Waals surface area contributed by atoms with E-state index < -0.39 is 12.0 Å². The molecule has 0 radical (unpaired) electrons. The van der Waals surface area contributed by atoms with E-state index in [0.29, 0.717) is 19.0 Å². The van der Waals surface area contributed by atoms with Crippen molar-refractivity contribution in [3.63, 3.8) is 0 Å². The summed E-state index contributed by atoms with van der Waals surface area (Å²) in [6.45, 7) is 2.92. The number of nitrogens with zero attached hydrogens (tertiary/aromatic N) is 1. The number of aliphatic carboxylic acids is 1. The zero-order chi connectivity index (χ0) is 11.3. The van der Waals surface area contributed by atoms with Gasteiger partial charge in [-0.05, 0) is 45.9 Å². The normalized spacial score (nSPS) is 21.5. The Morgan fingerprint density at radius 3 is 2.73 bits per heavy atom. The molecule has 1 heterocycles. The molecule has 1 atom stereocenters. The number of nitrogens with two attached hydrogens (primary N) is 1. The summed E-state index contributed by atoms with van der Waals surface area (Å²) in [5.41, 5.74) is 5.41. The van der Waals surface area contributed by atoms with E-state index in [1.165, 1.54) is 0 Å². The second-order valence-electron chi connectivity index (χ2n) is 4.27. The Bertz CT molecular complexity index is 203. The highest BCUT2D eigenvalue weighted by Gasteiger charge is 2.17. The fraction of sp³-hybridized carbons (Fsp3) is 0.900. The lowest BCUT2D eigenvalue weighted by Crippen LogP contribution is -2.42. The molecule has 0 aromatic rings. The zero-order valence-corrected chi connectivity index (χ0v) is 9.28. The number of nitrogens with one attached hydrogen (secondary N) is 1. The van der Waals surface area contributed by atoms with Crippen molar-refractivity contribution in [2.24, 2.45) is 5.73 Å². The predicted octanol–water partition coefficient (Wildman–Crippen LogP) is -0.528. The number of carbonyl (C=O) groups is 1. The second-order valence-corrected chi connectivity index (χ2v) is 4.27. The Morgan fingerprint density at radius 2 is 2.20 bits per heavy atom. The Balaban J connectivity index is 2.07. The number of rotatable bonds is 5. The van der Waals surface area contributed by atoms with Crippen LogP contribution >= 0.6 is 0 Å². The molecule has 0 bridgehead atoms. The molecule has 0 spiro atoms. The summed E-state index contributed by atoms with van der Waals surface area (Å²) < 4.78 is 0. The molecule has 0 aromatic carbocycles. The molecular formula is C10H21N3O2. The average Bonchev–Trinajstić information content (AvgIpc) is 2.20. The molecule has 4 N–H and O–H groups in total. The number of carboxylic acids is 1. The molecule has 1 aliphatic heterocycles. The van der Waals surface area contributed by atoms with E-state index in [0.717, 1.165) is 25.9 Å². The van der Waals surface area contributed by atoms with Gasteiger partial charge in [0.1, 0.15) is 6.04 Å². The number of piperidine rings is 1. The Kier molecular flexibility index (Phi) is 5.01. The van der Waals surface area contributed by atoms with Gasteiger partial charge in [-0.1, -0.05) is 0 Å². The van der Waals surface area contributed by atoms with Crippen LogP contribution in [0.15, 0.2) is 0 Å². The topological polar surface area (TPSA) is 78.6 Å². The molecule has 0 aliphatic carbocycles. The van der Waals surface area contributed by atoms with Crippen LogP contribution in [0.1, 0.15) is 19.3 Å². The molecule has 5 heteroatoms. The van der Waals surface area contributed by atoms with Crippen molar-refractivity contribution in [1.82, 2.24) is 10.2 Å². The molecular weight excluding hydrogens is 194 g/mol. The first-order valence-electron chi connectivity index (χ1n) is 5.50. The predicted molar refractivity (Wildman–Crippen MR) is 58.7 cm³/mol. The highest BCUT2D eigenvalue weighted by Crippen LogP contribution is 2.07. The molecule has 88 valence electrons. The van der Waals surface area contributed by atoms with Gasteiger partial charge in [-0.15, -0.1) is 0 Å². The van der Waals surface area contributed by atoms with Crippen molar-refractivity contribution < 1.29 is 9.90 Å². The fourth-order valence-electron chi connectivity index (χ4n) is 1.78. The molecule has 5 nitrogen and oxygen atoms in total. The Morgan fingerprint density at radius 1 is 1.60 bits per heavy atom. The van der Waals surface area contributed by atoms with Crippen LogP contribution in [-0.4, -0.2) is 54.7 Å². The molecule has 15 heavy (non-hydrogen) atoms. The maximum Gasteiger partial charge on any atom is 0.320 e. The summed E-state index contributed by atoms with van der Waals surface area (Å²) >= 11 is 0. The van der Waals surface area contributed by atoms with Crippen molar-refractivity contribution >= 4 is 5.97 Å². The van der Waals surface area contributed by atoms with E-state index in [-0.39, 0.29) is 0 Å². The van der Waals surface area contributed by atoms with Crippen LogP contribution in [0.4, 0.5) is 0 Å². The highest BCUT2D eigenvalue weighted by atomic mass is 16.4.